The molecule has 0 aliphatic heterocycles. The van der Waals surface area contributed by atoms with Crippen LogP contribution in [-0.2, 0) is 0 Å². The van der Waals surface area contributed by atoms with E-state index in [2.05, 4.69) is 62.4 Å². The van der Waals surface area contributed by atoms with Gasteiger partial charge < -0.3 is 0 Å². The predicted octanol–water partition coefficient (Wildman–Crippen LogP) is 9.71. The number of hydrogen-bond acceptors (Lipinski definition) is 0. The molecule has 0 heteroatoms. The lowest BCUT2D eigenvalue weighted by Crippen LogP contribution is -2.10. The van der Waals surface area contributed by atoms with Crippen molar-refractivity contribution in [1.29, 1.82) is 0 Å². The summed E-state index contributed by atoms with van der Waals surface area (Å²) >= 11 is 0. The van der Waals surface area contributed by atoms with E-state index < -0.39 is 0 Å². The fourth-order valence-corrected chi connectivity index (χ4v) is 5.08. The molecular formula is C28H46. The molecule has 0 amide bonds. The molecule has 0 spiro atoms. The molecule has 2 aromatic carbocycles. The van der Waals surface area contributed by atoms with Crippen molar-refractivity contribution < 1.29 is 2.85 Å². The van der Waals surface area contributed by atoms with Crippen LogP contribution < -0.4 is 0 Å². The molecule has 0 heterocycles. The molecule has 0 atom stereocenters. The predicted molar refractivity (Wildman–Crippen MR) is 130 cm³/mol. The van der Waals surface area contributed by atoms with Crippen LogP contribution in [0.2, 0.25) is 0 Å². The second-order valence-corrected chi connectivity index (χ2v) is 9.16. The van der Waals surface area contributed by atoms with Gasteiger partial charge in [-0.25, -0.2) is 0 Å². The Morgan fingerprint density at radius 3 is 1.07 bits per heavy atom. The molecule has 0 radical (unpaired) electrons. The summed E-state index contributed by atoms with van der Waals surface area (Å²) in [5.41, 5.74) is 5.82. The Morgan fingerprint density at radius 2 is 0.786 bits per heavy atom. The highest BCUT2D eigenvalue weighted by atomic mass is 14.3. The minimum absolute atomic E-state index is 0. The molecule has 0 aromatic heterocycles. The van der Waals surface area contributed by atoms with Crippen molar-refractivity contribution in [3.8, 4) is 11.1 Å². The summed E-state index contributed by atoms with van der Waals surface area (Å²) in [7, 11) is 0. The van der Waals surface area contributed by atoms with Gasteiger partial charge in [-0.1, -0.05) is 103 Å². The molecular weight excluding hydrogens is 336 g/mol. The fraction of sp³-hybridized carbons (Fsp3) is 0.571. The second kappa shape index (κ2) is 10.3. The van der Waals surface area contributed by atoms with Crippen LogP contribution in [0.4, 0.5) is 0 Å². The molecule has 28 heavy (non-hydrogen) atoms. The Kier molecular flexibility index (Phi) is 8.35. The third-order valence-corrected chi connectivity index (χ3v) is 7.13. The summed E-state index contributed by atoms with van der Waals surface area (Å²) < 4.78 is 0. The molecule has 4 rings (SSSR count). The SMILES string of the molecule is C.C.CC1CCC(c2ccc(-c3ccc(C4CCC(C)CC4)cc3)cc2)CC1.[HH].[HH]. The largest absolute Gasteiger partial charge is 0.0776 e. The van der Waals surface area contributed by atoms with Crippen molar-refractivity contribution in [2.24, 2.45) is 11.8 Å². The molecule has 2 fully saturated rings. The summed E-state index contributed by atoms with van der Waals surface area (Å²) in [5.74, 6) is 3.43. The topological polar surface area (TPSA) is 0 Å². The van der Waals surface area contributed by atoms with E-state index in [0.29, 0.717) is 0 Å². The fourth-order valence-electron chi connectivity index (χ4n) is 5.08. The van der Waals surface area contributed by atoms with Gasteiger partial charge in [0.25, 0.3) is 0 Å². The summed E-state index contributed by atoms with van der Waals surface area (Å²) in [6.45, 7) is 4.80. The zero-order valence-corrected chi connectivity index (χ0v) is 16.6. The van der Waals surface area contributed by atoms with Crippen LogP contribution >= 0.6 is 0 Å². The first-order valence-electron chi connectivity index (χ1n) is 10.9. The Hall–Kier alpha value is -1.56. The highest BCUT2D eigenvalue weighted by Crippen LogP contribution is 2.37. The maximum Gasteiger partial charge on any atom is 0 e. The molecule has 2 aliphatic carbocycles. The normalized spacial score (nSPS) is 27.4. The van der Waals surface area contributed by atoms with Crippen molar-refractivity contribution in [3.05, 3.63) is 59.7 Å². The van der Waals surface area contributed by atoms with Crippen molar-refractivity contribution in [1.82, 2.24) is 0 Å². The minimum atomic E-state index is 0. The molecule has 2 aliphatic rings. The zero-order valence-electron chi connectivity index (χ0n) is 16.6. The van der Waals surface area contributed by atoms with E-state index in [1.807, 2.05) is 0 Å². The van der Waals surface area contributed by atoms with Gasteiger partial charge in [0.1, 0.15) is 0 Å². The van der Waals surface area contributed by atoms with Crippen LogP contribution in [0.5, 0.6) is 0 Å². The van der Waals surface area contributed by atoms with Gasteiger partial charge in [-0.05, 0) is 71.6 Å². The van der Waals surface area contributed by atoms with E-state index in [9.17, 15) is 0 Å². The summed E-state index contributed by atoms with van der Waals surface area (Å²) in [5, 5.41) is 0. The maximum absolute atomic E-state index is 2.40. The van der Waals surface area contributed by atoms with E-state index >= 15 is 0 Å². The molecule has 0 N–H and O–H groups in total. The van der Waals surface area contributed by atoms with Gasteiger partial charge in [0.05, 0.1) is 0 Å². The Labute approximate surface area is 177 Å². The van der Waals surface area contributed by atoms with Crippen LogP contribution in [0.25, 0.3) is 11.1 Å². The van der Waals surface area contributed by atoms with Crippen molar-refractivity contribution in [3.63, 3.8) is 0 Å². The molecule has 0 saturated heterocycles. The number of hydrogen-bond donors (Lipinski definition) is 0. The molecule has 0 nitrogen and oxygen atoms in total. The van der Waals surface area contributed by atoms with Gasteiger partial charge >= 0.3 is 0 Å². The minimum Gasteiger partial charge on any atom is -0.0776 e. The van der Waals surface area contributed by atoms with Crippen molar-refractivity contribution in [2.75, 3.05) is 0 Å². The Bertz CT molecular complexity index is 625. The highest BCUT2D eigenvalue weighted by Gasteiger charge is 2.20. The highest BCUT2D eigenvalue weighted by molar-refractivity contribution is 5.64. The smallest absolute Gasteiger partial charge is 0 e. The van der Waals surface area contributed by atoms with E-state index in [0.717, 1.165) is 23.7 Å². The van der Waals surface area contributed by atoms with Gasteiger partial charge in [0.2, 0.25) is 0 Å². The van der Waals surface area contributed by atoms with E-state index in [1.54, 1.807) is 11.1 Å². The monoisotopic (exact) mass is 382 g/mol. The first-order valence-corrected chi connectivity index (χ1v) is 10.9. The van der Waals surface area contributed by atoms with Crippen LogP contribution in [0, 0.1) is 11.8 Å². The average Bonchev–Trinajstić information content (AvgIpc) is 2.70. The molecule has 158 valence electrons. The van der Waals surface area contributed by atoms with Crippen LogP contribution in [0.15, 0.2) is 48.5 Å². The summed E-state index contributed by atoms with van der Waals surface area (Å²) in [4.78, 5) is 0. The van der Waals surface area contributed by atoms with E-state index in [4.69, 9.17) is 0 Å². The first kappa shape index (κ1) is 22.7. The van der Waals surface area contributed by atoms with Crippen LogP contribution in [-0.4, -0.2) is 0 Å². The molecule has 2 aromatic rings. The Morgan fingerprint density at radius 1 is 0.500 bits per heavy atom. The van der Waals surface area contributed by atoms with Gasteiger partial charge in [-0.2, -0.15) is 0 Å². The Balaban J connectivity index is 0.00000210. The van der Waals surface area contributed by atoms with Gasteiger partial charge in [-0.15, -0.1) is 0 Å². The molecule has 2 saturated carbocycles. The zero-order chi connectivity index (χ0) is 17.9. The van der Waals surface area contributed by atoms with Crippen LogP contribution in [0.3, 0.4) is 0 Å². The second-order valence-electron chi connectivity index (χ2n) is 9.16. The third-order valence-electron chi connectivity index (χ3n) is 7.13. The lowest BCUT2D eigenvalue weighted by molar-refractivity contribution is 0.348. The lowest BCUT2D eigenvalue weighted by Gasteiger charge is -2.27. The summed E-state index contributed by atoms with van der Waals surface area (Å²) in [6, 6.07) is 18.9. The number of benzene rings is 2. The molecule has 0 bridgehead atoms. The van der Waals surface area contributed by atoms with Gasteiger partial charge in [0, 0.05) is 2.85 Å². The van der Waals surface area contributed by atoms with Crippen molar-refractivity contribution in [2.45, 2.75) is 91.9 Å². The van der Waals surface area contributed by atoms with Gasteiger partial charge in [-0.3, -0.25) is 0 Å². The van der Waals surface area contributed by atoms with Gasteiger partial charge in [0.15, 0.2) is 0 Å². The average molecular weight is 383 g/mol. The maximum atomic E-state index is 2.40. The van der Waals surface area contributed by atoms with Crippen molar-refractivity contribution >= 4 is 0 Å². The first-order chi connectivity index (χ1) is 12.7. The standard InChI is InChI=1S/C26H34.2CH4.2H2/c1-19-3-7-21(8-4-19)23-11-15-25(16-12-23)26-17-13-24(14-18-26)22-9-5-20(2)6-10-22;;;;/h11-22H,3-10H2,1-2H3;2*1H4;2*1H. The lowest BCUT2D eigenvalue weighted by atomic mass is 9.79. The number of rotatable bonds is 3. The quantitative estimate of drug-likeness (QED) is 0.495. The summed E-state index contributed by atoms with van der Waals surface area (Å²) in [6.07, 6.45) is 11.1. The molecule has 0 unspecified atom stereocenters. The van der Waals surface area contributed by atoms with E-state index in [-0.39, 0.29) is 17.7 Å². The third kappa shape index (κ3) is 5.28. The van der Waals surface area contributed by atoms with E-state index in [1.165, 1.54) is 62.5 Å². The van der Waals surface area contributed by atoms with Crippen LogP contribution in [0.1, 0.15) is 106 Å².